The maximum Gasteiger partial charge on any atom is 0.238 e. The molecule has 0 aliphatic rings. The summed E-state index contributed by atoms with van der Waals surface area (Å²) in [6.45, 7) is 0. The van der Waals surface area contributed by atoms with E-state index < -0.39 is 15.7 Å². The molecule has 6 nitrogen and oxygen atoms in total. The maximum atomic E-state index is 12.6. The zero-order valence-corrected chi connectivity index (χ0v) is 14.6. The van der Waals surface area contributed by atoms with Crippen molar-refractivity contribution in [3.05, 3.63) is 54.1 Å². The van der Waals surface area contributed by atoms with Crippen molar-refractivity contribution in [3.8, 4) is 6.07 Å². The van der Waals surface area contributed by atoms with Crippen LogP contribution in [-0.4, -0.2) is 19.3 Å². The molecule has 1 heterocycles. The molecule has 0 saturated heterocycles. The SMILES string of the molecule is N#CCC(=O)Nc1ccc2nc(S(=O)(=O)Cc3ccccc3)sc2c1. The lowest BCUT2D eigenvalue weighted by Gasteiger charge is -2.01. The standard InChI is InChI=1S/C17H13N3O3S2/c18-9-8-16(21)19-13-6-7-14-15(10-13)24-17(20-14)25(22,23)11-12-4-2-1-3-5-12/h1-7,10H,8,11H2,(H,19,21). The van der Waals surface area contributed by atoms with Crippen molar-refractivity contribution < 1.29 is 13.2 Å². The summed E-state index contributed by atoms with van der Waals surface area (Å²) >= 11 is 1.06. The van der Waals surface area contributed by atoms with Crippen molar-refractivity contribution in [1.82, 2.24) is 4.98 Å². The molecule has 126 valence electrons. The van der Waals surface area contributed by atoms with Gasteiger partial charge in [0.1, 0.15) is 6.42 Å². The number of hydrogen-bond donors (Lipinski definition) is 1. The second kappa shape index (κ2) is 7.01. The summed E-state index contributed by atoms with van der Waals surface area (Å²) in [7, 11) is -3.54. The number of fused-ring (bicyclic) bond motifs is 1. The molecule has 0 aliphatic heterocycles. The normalized spacial score (nSPS) is 11.2. The van der Waals surface area contributed by atoms with Crippen LogP contribution < -0.4 is 5.32 Å². The van der Waals surface area contributed by atoms with Gasteiger partial charge in [-0.2, -0.15) is 5.26 Å². The van der Waals surface area contributed by atoms with Crippen molar-refractivity contribution in [2.24, 2.45) is 0 Å². The Morgan fingerprint density at radius 2 is 1.96 bits per heavy atom. The largest absolute Gasteiger partial charge is 0.325 e. The molecule has 0 saturated carbocycles. The van der Waals surface area contributed by atoms with Crippen LogP contribution in [0.5, 0.6) is 0 Å². The number of nitrogens with one attached hydrogen (secondary N) is 1. The fraction of sp³-hybridized carbons (Fsp3) is 0.118. The zero-order chi connectivity index (χ0) is 17.9. The average Bonchev–Trinajstić information content (AvgIpc) is 3.00. The lowest BCUT2D eigenvalue weighted by Crippen LogP contribution is -2.09. The van der Waals surface area contributed by atoms with Gasteiger partial charge in [0, 0.05) is 5.69 Å². The van der Waals surface area contributed by atoms with Gasteiger partial charge < -0.3 is 5.32 Å². The van der Waals surface area contributed by atoms with E-state index in [0.29, 0.717) is 21.5 Å². The van der Waals surface area contributed by atoms with Gasteiger partial charge in [0.15, 0.2) is 0 Å². The number of aromatic nitrogens is 1. The van der Waals surface area contributed by atoms with Gasteiger partial charge in [0.2, 0.25) is 20.1 Å². The number of anilines is 1. The summed E-state index contributed by atoms with van der Waals surface area (Å²) in [5.41, 5.74) is 1.75. The zero-order valence-electron chi connectivity index (χ0n) is 13.0. The Morgan fingerprint density at radius 1 is 1.20 bits per heavy atom. The highest BCUT2D eigenvalue weighted by atomic mass is 32.2. The van der Waals surface area contributed by atoms with Crippen LogP contribution in [0.4, 0.5) is 5.69 Å². The second-order valence-corrected chi connectivity index (χ2v) is 8.48. The number of amides is 1. The minimum absolute atomic E-state index is 0.0480. The van der Waals surface area contributed by atoms with Crippen LogP contribution in [0.2, 0.25) is 0 Å². The molecule has 0 bridgehead atoms. The van der Waals surface area contributed by atoms with Gasteiger partial charge in [0.25, 0.3) is 0 Å². The Hall–Kier alpha value is -2.76. The van der Waals surface area contributed by atoms with E-state index in [1.165, 1.54) is 0 Å². The van der Waals surface area contributed by atoms with Crippen LogP contribution in [0.1, 0.15) is 12.0 Å². The van der Waals surface area contributed by atoms with Crippen LogP contribution >= 0.6 is 11.3 Å². The van der Waals surface area contributed by atoms with E-state index in [9.17, 15) is 13.2 Å². The molecule has 0 fully saturated rings. The minimum atomic E-state index is -3.54. The number of hydrogen-bond acceptors (Lipinski definition) is 6. The van der Waals surface area contributed by atoms with Gasteiger partial charge in [-0.1, -0.05) is 30.3 Å². The Labute approximate surface area is 148 Å². The summed E-state index contributed by atoms with van der Waals surface area (Å²) in [4.78, 5) is 15.7. The predicted octanol–water partition coefficient (Wildman–Crippen LogP) is 3.12. The van der Waals surface area contributed by atoms with Gasteiger partial charge in [-0.05, 0) is 23.8 Å². The smallest absolute Gasteiger partial charge is 0.238 e. The van der Waals surface area contributed by atoms with E-state index in [2.05, 4.69) is 10.3 Å². The molecule has 0 aliphatic carbocycles. The van der Waals surface area contributed by atoms with Crippen molar-refractivity contribution in [2.75, 3.05) is 5.32 Å². The molecule has 1 amide bonds. The molecule has 3 aromatic rings. The summed E-state index contributed by atoms with van der Waals surface area (Å²) in [6.07, 6.45) is -0.239. The molecule has 3 rings (SSSR count). The van der Waals surface area contributed by atoms with Crippen LogP contribution in [-0.2, 0) is 20.4 Å². The minimum Gasteiger partial charge on any atom is -0.325 e. The molecule has 1 N–H and O–H groups in total. The van der Waals surface area contributed by atoms with E-state index in [1.54, 1.807) is 48.5 Å². The molecular formula is C17H13N3O3S2. The molecule has 2 aromatic carbocycles. The number of carbonyl (C=O) groups is 1. The Morgan fingerprint density at radius 3 is 2.68 bits per heavy atom. The van der Waals surface area contributed by atoms with Crippen molar-refractivity contribution >= 4 is 43.0 Å². The molecule has 0 atom stereocenters. The van der Waals surface area contributed by atoms with Crippen LogP contribution in [0.3, 0.4) is 0 Å². The lowest BCUT2D eigenvalue weighted by atomic mass is 10.2. The summed E-state index contributed by atoms with van der Waals surface area (Å²) < 4.78 is 25.8. The van der Waals surface area contributed by atoms with Gasteiger partial charge in [-0.3, -0.25) is 4.79 Å². The molecule has 0 unspecified atom stereocenters. The molecule has 25 heavy (non-hydrogen) atoms. The second-order valence-electron chi connectivity index (χ2n) is 5.29. The fourth-order valence-corrected chi connectivity index (χ4v) is 4.93. The number of carbonyl (C=O) groups excluding carboxylic acids is 1. The highest BCUT2D eigenvalue weighted by Gasteiger charge is 2.20. The van der Waals surface area contributed by atoms with Gasteiger partial charge in [0.05, 0.1) is 22.0 Å². The lowest BCUT2D eigenvalue weighted by molar-refractivity contribution is -0.115. The van der Waals surface area contributed by atoms with E-state index in [-0.39, 0.29) is 16.5 Å². The summed E-state index contributed by atoms with van der Waals surface area (Å²) in [6, 6.07) is 15.6. The first-order valence-electron chi connectivity index (χ1n) is 7.32. The quantitative estimate of drug-likeness (QED) is 0.743. The van der Waals surface area contributed by atoms with Crippen LogP contribution in [0.15, 0.2) is 52.9 Å². The molecule has 1 aromatic heterocycles. The highest BCUT2D eigenvalue weighted by molar-refractivity contribution is 7.92. The van der Waals surface area contributed by atoms with E-state index >= 15 is 0 Å². The molecule has 0 spiro atoms. The number of nitriles is 1. The predicted molar refractivity (Wildman–Crippen MR) is 95.8 cm³/mol. The molecule has 8 heteroatoms. The van der Waals surface area contributed by atoms with Crippen molar-refractivity contribution in [2.45, 2.75) is 16.5 Å². The fourth-order valence-electron chi connectivity index (χ4n) is 2.25. The van der Waals surface area contributed by atoms with Gasteiger partial charge in [-0.15, -0.1) is 11.3 Å². The third-order valence-corrected chi connectivity index (χ3v) is 6.52. The first-order valence-corrected chi connectivity index (χ1v) is 9.79. The Balaban J connectivity index is 1.88. The third kappa shape index (κ3) is 4.02. The Kier molecular flexibility index (Phi) is 4.79. The first-order chi connectivity index (χ1) is 12.0. The number of benzene rings is 2. The third-order valence-electron chi connectivity index (χ3n) is 3.36. The van der Waals surface area contributed by atoms with E-state index in [1.807, 2.05) is 6.07 Å². The highest BCUT2D eigenvalue weighted by Crippen LogP contribution is 2.29. The van der Waals surface area contributed by atoms with Crippen molar-refractivity contribution in [1.29, 1.82) is 5.26 Å². The van der Waals surface area contributed by atoms with E-state index in [4.69, 9.17) is 5.26 Å². The number of thiazole rings is 1. The topological polar surface area (TPSA) is 99.9 Å². The van der Waals surface area contributed by atoms with Gasteiger partial charge >= 0.3 is 0 Å². The first kappa shape index (κ1) is 17.1. The average molecular weight is 371 g/mol. The van der Waals surface area contributed by atoms with Crippen LogP contribution in [0, 0.1) is 11.3 Å². The van der Waals surface area contributed by atoms with Crippen molar-refractivity contribution in [3.63, 3.8) is 0 Å². The summed E-state index contributed by atoms with van der Waals surface area (Å²) in [5, 5.41) is 11.1. The summed E-state index contributed by atoms with van der Waals surface area (Å²) in [5.74, 6) is -0.525. The molecule has 0 radical (unpaired) electrons. The Bertz CT molecular complexity index is 1070. The number of sulfone groups is 1. The monoisotopic (exact) mass is 371 g/mol. The van der Waals surface area contributed by atoms with Gasteiger partial charge in [-0.25, -0.2) is 13.4 Å². The number of rotatable bonds is 5. The molecular weight excluding hydrogens is 358 g/mol. The van der Waals surface area contributed by atoms with Crippen LogP contribution in [0.25, 0.3) is 10.2 Å². The number of nitrogens with zero attached hydrogens (tertiary/aromatic N) is 2. The maximum absolute atomic E-state index is 12.6. The van der Waals surface area contributed by atoms with E-state index in [0.717, 1.165) is 11.3 Å².